The lowest BCUT2D eigenvalue weighted by Gasteiger charge is -2.27. The maximum atomic E-state index is 6.49. The number of hydrogen-bond donors (Lipinski definition) is 0. The highest BCUT2D eigenvalue weighted by atomic mass is 35.5. The van der Waals surface area contributed by atoms with Crippen LogP contribution in [0.5, 0.6) is 0 Å². The van der Waals surface area contributed by atoms with Gasteiger partial charge in [-0.15, -0.1) is 0 Å². The summed E-state index contributed by atoms with van der Waals surface area (Å²) in [7, 11) is 0. The Bertz CT molecular complexity index is 847. The van der Waals surface area contributed by atoms with Crippen LogP contribution in [0.15, 0.2) is 72.8 Å². The molecule has 1 aliphatic heterocycles. The van der Waals surface area contributed by atoms with Crippen LogP contribution in [-0.4, -0.2) is 0 Å². The fourth-order valence-corrected chi connectivity index (χ4v) is 3.42. The van der Waals surface area contributed by atoms with Crippen molar-refractivity contribution < 1.29 is 4.74 Å². The monoisotopic (exact) mass is 335 g/mol. The van der Waals surface area contributed by atoms with Gasteiger partial charge < -0.3 is 9.64 Å². The van der Waals surface area contributed by atoms with Crippen LogP contribution in [-0.2, 0) is 24.5 Å². The Morgan fingerprint density at radius 1 is 0.833 bits per heavy atom. The van der Waals surface area contributed by atoms with Crippen molar-refractivity contribution in [1.82, 2.24) is 0 Å². The van der Waals surface area contributed by atoms with E-state index >= 15 is 0 Å². The maximum absolute atomic E-state index is 6.49. The van der Waals surface area contributed by atoms with Crippen LogP contribution in [0.1, 0.15) is 16.7 Å². The number of halogens is 1. The fraction of sp³-hybridized carbons (Fsp3) is 0.143. The Labute approximate surface area is 147 Å². The van der Waals surface area contributed by atoms with Crippen LogP contribution in [0.25, 0.3) is 0 Å². The Balaban J connectivity index is 1.77. The molecule has 0 aliphatic carbocycles. The third kappa shape index (κ3) is 2.91. The maximum Gasteiger partial charge on any atom is 0.0728 e. The summed E-state index contributed by atoms with van der Waals surface area (Å²) in [4.78, 5) is 2.26. The summed E-state index contributed by atoms with van der Waals surface area (Å²) < 4.78 is 5.63. The Kier molecular flexibility index (Phi) is 4.24. The molecule has 2 nitrogen and oxygen atoms in total. The van der Waals surface area contributed by atoms with Crippen LogP contribution in [0.4, 0.5) is 11.4 Å². The van der Waals surface area contributed by atoms with E-state index in [1.54, 1.807) is 0 Å². The predicted octanol–water partition coefficient (Wildman–Crippen LogP) is 5.71. The first kappa shape index (κ1) is 15.3. The molecule has 1 aliphatic rings. The Morgan fingerprint density at radius 3 is 2.46 bits per heavy atom. The molecular formula is C21H18ClNO. The second-order valence-corrected chi connectivity index (χ2v) is 6.33. The summed E-state index contributed by atoms with van der Waals surface area (Å²) in [5.41, 5.74) is 6.03. The van der Waals surface area contributed by atoms with Gasteiger partial charge in [0.1, 0.15) is 0 Å². The largest absolute Gasteiger partial charge is 0.372 e. The van der Waals surface area contributed by atoms with E-state index in [-0.39, 0.29) is 0 Å². The van der Waals surface area contributed by atoms with Gasteiger partial charge in [-0.1, -0.05) is 60.1 Å². The predicted molar refractivity (Wildman–Crippen MR) is 98.7 cm³/mol. The van der Waals surface area contributed by atoms with E-state index < -0.39 is 0 Å². The average molecular weight is 336 g/mol. The van der Waals surface area contributed by atoms with Crippen molar-refractivity contribution in [2.45, 2.75) is 19.8 Å². The molecule has 0 fully saturated rings. The molecule has 4 rings (SSSR count). The standard InChI is InChI=1S/C21H18ClNO/c22-20-11-4-5-12-21(20)23(18-9-2-1-3-10-18)13-16-7-6-8-17-14-24-15-19(16)17/h1-12H,13-15H2. The van der Waals surface area contributed by atoms with E-state index in [4.69, 9.17) is 16.3 Å². The summed E-state index contributed by atoms with van der Waals surface area (Å²) >= 11 is 6.49. The quantitative estimate of drug-likeness (QED) is 0.605. The molecule has 120 valence electrons. The molecule has 0 saturated heterocycles. The molecule has 1 heterocycles. The molecule has 0 bridgehead atoms. The van der Waals surface area contributed by atoms with Crippen molar-refractivity contribution in [2.24, 2.45) is 0 Å². The second kappa shape index (κ2) is 6.68. The lowest BCUT2D eigenvalue weighted by Crippen LogP contribution is -2.18. The highest BCUT2D eigenvalue weighted by Gasteiger charge is 2.19. The van der Waals surface area contributed by atoms with Gasteiger partial charge in [0.05, 0.1) is 23.9 Å². The molecule has 24 heavy (non-hydrogen) atoms. The molecule has 0 saturated carbocycles. The topological polar surface area (TPSA) is 12.5 Å². The molecule has 3 aromatic carbocycles. The summed E-state index contributed by atoms with van der Waals surface area (Å²) in [6.45, 7) is 2.16. The van der Waals surface area contributed by atoms with Crippen molar-refractivity contribution in [3.05, 3.63) is 94.5 Å². The number of fused-ring (bicyclic) bond motifs is 1. The zero-order chi connectivity index (χ0) is 16.4. The lowest BCUT2D eigenvalue weighted by atomic mass is 10.0. The third-order valence-electron chi connectivity index (χ3n) is 4.41. The van der Waals surface area contributed by atoms with Crippen molar-refractivity contribution in [1.29, 1.82) is 0 Å². The van der Waals surface area contributed by atoms with Gasteiger partial charge in [0, 0.05) is 12.2 Å². The zero-order valence-corrected chi connectivity index (χ0v) is 14.0. The van der Waals surface area contributed by atoms with E-state index in [0.717, 1.165) is 22.9 Å². The van der Waals surface area contributed by atoms with Gasteiger partial charge in [0.2, 0.25) is 0 Å². The molecule has 0 radical (unpaired) electrons. The first-order chi connectivity index (χ1) is 11.8. The van der Waals surface area contributed by atoms with Gasteiger partial charge in [0.25, 0.3) is 0 Å². The molecule has 0 amide bonds. The third-order valence-corrected chi connectivity index (χ3v) is 4.73. The van der Waals surface area contributed by atoms with Gasteiger partial charge >= 0.3 is 0 Å². The molecule has 0 aromatic heterocycles. The van der Waals surface area contributed by atoms with Gasteiger partial charge in [-0.25, -0.2) is 0 Å². The minimum absolute atomic E-state index is 0.691. The van der Waals surface area contributed by atoms with Crippen LogP contribution in [0.3, 0.4) is 0 Å². The minimum atomic E-state index is 0.691. The van der Waals surface area contributed by atoms with E-state index in [9.17, 15) is 0 Å². The van der Waals surface area contributed by atoms with Crippen LogP contribution >= 0.6 is 11.6 Å². The van der Waals surface area contributed by atoms with Crippen molar-refractivity contribution in [2.75, 3.05) is 4.90 Å². The highest BCUT2D eigenvalue weighted by molar-refractivity contribution is 6.33. The molecule has 0 atom stereocenters. The molecule has 3 heteroatoms. The van der Waals surface area contributed by atoms with Crippen molar-refractivity contribution in [3.8, 4) is 0 Å². The number of hydrogen-bond acceptors (Lipinski definition) is 2. The van der Waals surface area contributed by atoms with E-state index in [0.29, 0.717) is 13.2 Å². The summed E-state index contributed by atoms with van der Waals surface area (Å²) in [6, 6.07) is 24.8. The van der Waals surface area contributed by atoms with Gasteiger partial charge in [-0.05, 0) is 41.0 Å². The van der Waals surface area contributed by atoms with E-state index in [1.807, 2.05) is 24.3 Å². The van der Waals surface area contributed by atoms with Gasteiger partial charge in [-0.2, -0.15) is 0 Å². The molecule has 0 N–H and O–H groups in total. The number of rotatable bonds is 4. The normalized spacial score (nSPS) is 12.9. The van der Waals surface area contributed by atoms with Crippen molar-refractivity contribution in [3.63, 3.8) is 0 Å². The van der Waals surface area contributed by atoms with Crippen LogP contribution < -0.4 is 4.90 Å². The van der Waals surface area contributed by atoms with E-state index in [1.165, 1.54) is 16.7 Å². The number of nitrogens with zero attached hydrogens (tertiary/aromatic N) is 1. The number of ether oxygens (including phenoxy) is 1. The molecule has 0 unspecified atom stereocenters. The van der Waals surface area contributed by atoms with Crippen LogP contribution in [0, 0.1) is 0 Å². The SMILES string of the molecule is Clc1ccccc1N(Cc1cccc2c1COC2)c1ccccc1. The van der Waals surface area contributed by atoms with Gasteiger partial charge in [-0.3, -0.25) is 0 Å². The molecular weight excluding hydrogens is 318 g/mol. The number of benzene rings is 3. The van der Waals surface area contributed by atoms with E-state index in [2.05, 4.69) is 53.4 Å². The second-order valence-electron chi connectivity index (χ2n) is 5.92. The minimum Gasteiger partial charge on any atom is -0.372 e. The molecule has 0 spiro atoms. The fourth-order valence-electron chi connectivity index (χ4n) is 3.18. The zero-order valence-electron chi connectivity index (χ0n) is 13.3. The van der Waals surface area contributed by atoms with Crippen molar-refractivity contribution >= 4 is 23.0 Å². The number of anilines is 2. The Morgan fingerprint density at radius 2 is 1.62 bits per heavy atom. The highest BCUT2D eigenvalue weighted by Crippen LogP contribution is 2.34. The number of para-hydroxylation sites is 2. The average Bonchev–Trinajstić information content (AvgIpc) is 3.11. The first-order valence-electron chi connectivity index (χ1n) is 8.07. The first-order valence-corrected chi connectivity index (χ1v) is 8.45. The summed E-state index contributed by atoms with van der Waals surface area (Å²) in [5, 5.41) is 0.755. The van der Waals surface area contributed by atoms with Gasteiger partial charge in [0.15, 0.2) is 0 Å². The lowest BCUT2D eigenvalue weighted by molar-refractivity contribution is 0.134. The smallest absolute Gasteiger partial charge is 0.0728 e. The molecule has 3 aromatic rings. The summed E-state index contributed by atoms with van der Waals surface area (Å²) in [6.07, 6.45) is 0. The van der Waals surface area contributed by atoms with Crippen LogP contribution in [0.2, 0.25) is 5.02 Å². The summed E-state index contributed by atoms with van der Waals surface area (Å²) in [5.74, 6) is 0. The Hall–Kier alpha value is -2.29.